The largest absolute Gasteiger partial charge is 0.461 e. The first-order valence-corrected chi connectivity index (χ1v) is 10.6. The van der Waals surface area contributed by atoms with Gasteiger partial charge in [0.2, 0.25) is 0 Å². The van der Waals surface area contributed by atoms with Crippen LogP contribution in [0, 0.1) is 0 Å². The zero-order valence-corrected chi connectivity index (χ0v) is 18.5. The molecule has 8 heteroatoms. The number of hydrogen-bond acceptors (Lipinski definition) is 3. The van der Waals surface area contributed by atoms with Crippen LogP contribution < -0.4 is 0 Å². The van der Waals surface area contributed by atoms with E-state index in [1.54, 1.807) is 12.1 Å². The summed E-state index contributed by atoms with van der Waals surface area (Å²) in [6.07, 6.45) is -4.89. The summed E-state index contributed by atoms with van der Waals surface area (Å²) in [5.41, 5.74) is -0.479. The summed E-state index contributed by atoms with van der Waals surface area (Å²) in [5, 5.41) is 1.83. The molecule has 0 amide bonds. The van der Waals surface area contributed by atoms with Gasteiger partial charge in [-0.1, -0.05) is 59.6 Å². The molecular formula is C24H18Cl2F3NO2. The molecule has 4 rings (SSSR count). The lowest BCUT2D eigenvalue weighted by molar-refractivity contribution is -0.183. The van der Waals surface area contributed by atoms with Gasteiger partial charge in [-0.25, -0.2) is 0 Å². The molecule has 0 bridgehead atoms. The maximum Gasteiger partial charge on any atom is 0.400 e. The first kappa shape index (κ1) is 22.6. The fourth-order valence-corrected chi connectivity index (χ4v) is 4.63. The predicted octanol–water partition coefficient (Wildman–Crippen LogP) is 6.90. The maximum atomic E-state index is 14.4. The van der Waals surface area contributed by atoms with Crippen molar-refractivity contribution in [2.24, 2.45) is 4.99 Å². The molecule has 166 valence electrons. The number of carbonyl (C=O) groups excluding carboxylic acids is 1. The summed E-state index contributed by atoms with van der Waals surface area (Å²) in [5.74, 6) is -0.409. The molecule has 0 saturated heterocycles. The minimum absolute atomic E-state index is 0.00275. The van der Waals surface area contributed by atoms with Crippen molar-refractivity contribution < 1.29 is 22.7 Å². The van der Waals surface area contributed by atoms with E-state index in [0.29, 0.717) is 11.3 Å². The van der Waals surface area contributed by atoms with E-state index in [1.807, 2.05) is 24.3 Å². The number of ether oxygens (including phenoxy) is 1. The number of fused-ring (bicyclic) bond motifs is 1. The Morgan fingerprint density at radius 3 is 2.34 bits per heavy atom. The lowest BCUT2D eigenvalue weighted by Crippen LogP contribution is -2.43. The lowest BCUT2D eigenvalue weighted by atomic mass is 9.76. The van der Waals surface area contributed by atoms with Crippen molar-refractivity contribution in [2.45, 2.75) is 31.5 Å². The molecule has 3 aromatic rings. The second-order valence-electron chi connectivity index (χ2n) is 7.78. The van der Waals surface area contributed by atoms with E-state index >= 15 is 0 Å². The summed E-state index contributed by atoms with van der Waals surface area (Å²) < 4.78 is 48.3. The number of halogens is 5. The van der Waals surface area contributed by atoms with E-state index in [0.717, 1.165) is 16.3 Å². The Hall–Kier alpha value is -2.57. The second kappa shape index (κ2) is 8.41. The van der Waals surface area contributed by atoms with E-state index in [1.165, 1.54) is 25.1 Å². The van der Waals surface area contributed by atoms with Crippen LogP contribution in [0.2, 0.25) is 10.0 Å². The molecule has 1 unspecified atom stereocenters. The molecule has 1 aliphatic heterocycles. The number of rotatable bonds is 4. The highest BCUT2D eigenvalue weighted by molar-refractivity contribution is 6.34. The van der Waals surface area contributed by atoms with Crippen LogP contribution in [0.5, 0.6) is 0 Å². The number of hydrogen-bond donors (Lipinski definition) is 0. The highest BCUT2D eigenvalue weighted by Gasteiger charge is 2.58. The Bertz CT molecular complexity index is 1220. The SMILES string of the molecule is CC(=O)OCc1ccc(C2=NCC(c3cc(Cl)cc(Cl)c3)(C(F)(F)F)C2)c2ccccc12. The van der Waals surface area contributed by atoms with Gasteiger partial charge >= 0.3 is 12.1 Å². The molecule has 3 nitrogen and oxygen atoms in total. The third kappa shape index (κ3) is 4.09. The molecule has 3 aromatic carbocycles. The van der Waals surface area contributed by atoms with Gasteiger partial charge in [0, 0.05) is 34.7 Å². The molecule has 32 heavy (non-hydrogen) atoms. The Morgan fingerprint density at radius 2 is 1.72 bits per heavy atom. The van der Waals surface area contributed by atoms with Crippen LogP contribution in [0.3, 0.4) is 0 Å². The minimum atomic E-state index is -4.56. The van der Waals surface area contributed by atoms with E-state index in [2.05, 4.69) is 4.99 Å². The highest BCUT2D eigenvalue weighted by Crippen LogP contribution is 2.49. The summed E-state index contributed by atoms with van der Waals surface area (Å²) in [4.78, 5) is 15.6. The van der Waals surface area contributed by atoms with Gasteiger partial charge in [0.15, 0.2) is 0 Å². The Kier molecular flexibility index (Phi) is 5.94. The monoisotopic (exact) mass is 479 g/mol. The summed E-state index contributed by atoms with van der Waals surface area (Å²) in [6.45, 7) is 0.949. The van der Waals surface area contributed by atoms with Crippen molar-refractivity contribution in [1.29, 1.82) is 0 Å². The molecular weight excluding hydrogens is 462 g/mol. The van der Waals surface area contributed by atoms with E-state index in [9.17, 15) is 18.0 Å². The number of nitrogens with zero attached hydrogens (tertiary/aromatic N) is 1. The minimum Gasteiger partial charge on any atom is -0.461 e. The third-order valence-electron chi connectivity index (χ3n) is 5.72. The molecule has 0 N–H and O–H groups in total. The van der Waals surface area contributed by atoms with Crippen LogP contribution >= 0.6 is 23.2 Å². The summed E-state index contributed by atoms with van der Waals surface area (Å²) >= 11 is 12.0. The van der Waals surface area contributed by atoms with Crippen molar-refractivity contribution in [3.63, 3.8) is 0 Å². The van der Waals surface area contributed by atoms with E-state index in [4.69, 9.17) is 27.9 Å². The summed E-state index contributed by atoms with van der Waals surface area (Å²) in [7, 11) is 0. The molecule has 1 heterocycles. The van der Waals surface area contributed by atoms with Crippen molar-refractivity contribution in [1.82, 2.24) is 0 Å². The number of benzene rings is 3. The molecule has 0 fully saturated rings. The van der Waals surface area contributed by atoms with Gasteiger partial charge in [-0.3, -0.25) is 9.79 Å². The number of alkyl halides is 3. The highest BCUT2D eigenvalue weighted by atomic mass is 35.5. The fourth-order valence-electron chi connectivity index (χ4n) is 4.10. The first-order valence-electron chi connectivity index (χ1n) is 9.82. The number of esters is 1. The summed E-state index contributed by atoms with van der Waals surface area (Å²) in [6, 6.07) is 14.8. The van der Waals surface area contributed by atoms with Gasteiger partial charge < -0.3 is 4.74 Å². The lowest BCUT2D eigenvalue weighted by Gasteiger charge is -2.32. The van der Waals surface area contributed by atoms with Crippen molar-refractivity contribution in [2.75, 3.05) is 6.54 Å². The topological polar surface area (TPSA) is 38.7 Å². The van der Waals surface area contributed by atoms with Crippen molar-refractivity contribution >= 4 is 45.7 Å². The van der Waals surface area contributed by atoms with Crippen LogP contribution in [-0.2, 0) is 21.6 Å². The standard InChI is InChI=1S/C24H18Cl2F3NO2/c1-14(31)32-12-15-6-7-21(20-5-3-2-4-19(15)20)22-11-23(13-30-22,24(27,28)29)16-8-17(25)10-18(26)9-16/h2-10H,11-13H2,1H3. The van der Waals surface area contributed by atoms with Crippen molar-refractivity contribution in [3.05, 3.63) is 81.3 Å². The van der Waals surface area contributed by atoms with Gasteiger partial charge in [-0.05, 0) is 40.1 Å². The molecule has 0 aliphatic carbocycles. The molecule has 0 spiro atoms. The van der Waals surface area contributed by atoms with Gasteiger partial charge in [-0.15, -0.1) is 0 Å². The molecule has 1 atom stereocenters. The number of aliphatic imine (C=N–C) groups is 1. The predicted molar refractivity (Wildman–Crippen MR) is 120 cm³/mol. The van der Waals surface area contributed by atoms with Crippen molar-refractivity contribution in [3.8, 4) is 0 Å². The molecule has 0 aromatic heterocycles. The van der Waals surface area contributed by atoms with E-state index in [-0.39, 0.29) is 28.6 Å². The zero-order chi connectivity index (χ0) is 23.1. The number of carbonyl (C=O) groups is 1. The van der Waals surface area contributed by atoms with Gasteiger partial charge in [0.05, 0.1) is 6.54 Å². The smallest absolute Gasteiger partial charge is 0.400 e. The van der Waals surface area contributed by atoms with Gasteiger partial charge in [0.1, 0.15) is 12.0 Å². The average Bonchev–Trinajstić information content (AvgIpc) is 3.18. The van der Waals surface area contributed by atoms with Crippen LogP contribution in [0.4, 0.5) is 13.2 Å². The van der Waals surface area contributed by atoms with Gasteiger partial charge in [0.25, 0.3) is 0 Å². The van der Waals surface area contributed by atoms with E-state index < -0.39 is 24.1 Å². The third-order valence-corrected chi connectivity index (χ3v) is 6.16. The Labute approximate surface area is 192 Å². The van der Waals surface area contributed by atoms with Crippen LogP contribution in [0.15, 0.2) is 59.6 Å². The molecule has 0 saturated carbocycles. The Morgan fingerprint density at radius 1 is 1.06 bits per heavy atom. The maximum absolute atomic E-state index is 14.4. The zero-order valence-electron chi connectivity index (χ0n) is 17.0. The van der Waals surface area contributed by atoms with Crippen LogP contribution in [0.25, 0.3) is 10.8 Å². The first-order chi connectivity index (χ1) is 15.1. The van der Waals surface area contributed by atoms with Crippen LogP contribution in [-0.4, -0.2) is 24.4 Å². The quantitative estimate of drug-likeness (QED) is 0.381. The second-order valence-corrected chi connectivity index (χ2v) is 8.65. The normalized spacial score (nSPS) is 18.6. The fraction of sp³-hybridized carbons (Fsp3) is 0.250. The molecule has 0 radical (unpaired) electrons. The van der Waals surface area contributed by atoms with Crippen LogP contribution in [0.1, 0.15) is 30.0 Å². The average molecular weight is 480 g/mol. The van der Waals surface area contributed by atoms with Gasteiger partial charge in [-0.2, -0.15) is 13.2 Å². The Balaban J connectivity index is 1.77. The molecule has 1 aliphatic rings.